The molecule has 0 N–H and O–H groups in total. The van der Waals surface area contributed by atoms with E-state index in [9.17, 15) is 9.59 Å². The number of likely N-dealkylation sites (tertiary alicyclic amines) is 1. The smallest absolute Gasteiger partial charge is 0.230 e. The molecule has 0 radical (unpaired) electrons. The second kappa shape index (κ2) is 4.70. The lowest BCUT2D eigenvalue weighted by Crippen LogP contribution is -2.46. The summed E-state index contributed by atoms with van der Waals surface area (Å²) in [5.41, 5.74) is 1.08. The molecule has 1 fully saturated rings. The van der Waals surface area contributed by atoms with E-state index in [0.29, 0.717) is 12.8 Å². The van der Waals surface area contributed by atoms with E-state index in [-0.39, 0.29) is 23.8 Å². The van der Waals surface area contributed by atoms with Crippen LogP contribution in [-0.2, 0) is 9.59 Å². The van der Waals surface area contributed by atoms with Gasteiger partial charge >= 0.3 is 0 Å². The second-order valence-electron chi connectivity index (χ2n) is 4.77. The third-order valence-electron chi connectivity index (χ3n) is 3.17. The van der Waals surface area contributed by atoms with E-state index in [4.69, 9.17) is 0 Å². The highest BCUT2D eigenvalue weighted by atomic mass is 16.2. The predicted molar refractivity (Wildman–Crippen MR) is 65.4 cm³/mol. The van der Waals surface area contributed by atoms with Crippen molar-refractivity contribution < 1.29 is 9.59 Å². The molecule has 0 spiro atoms. The molecule has 1 heterocycles. The Morgan fingerprint density at radius 1 is 1.06 bits per heavy atom. The van der Waals surface area contributed by atoms with Crippen LogP contribution >= 0.6 is 0 Å². The molecule has 0 aromatic heterocycles. The Morgan fingerprint density at radius 3 is 2.06 bits per heavy atom. The summed E-state index contributed by atoms with van der Waals surface area (Å²) < 4.78 is 0. The van der Waals surface area contributed by atoms with Crippen LogP contribution in [0.15, 0.2) is 30.3 Å². The van der Waals surface area contributed by atoms with Crippen molar-refractivity contribution in [3.63, 3.8) is 0 Å². The summed E-state index contributed by atoms with van der Waals surface area (Å²) in [5, 5.41) is 0. The quantitative estimate of drug-likeness (QED) is 0.732. The van der Waals surface area contributed by atoms with Gasteiger partial charge in [-0.1, -0.05) is 30.3 Å². The lowest BCUT2D eigenvalue weighted by molar-refractivity contribution is -0.150. The summed E-state index contributed by atoms with van der Waals surface area (Å²) >= 11 is 0. The maximum absolute atomic E-state index is 11.9. The van der Waals surface area contributed by atoms with Gasteiger partial charge in [-0.15, -0.1) is 0 Å². The fraction of sp³-hybridized carbons (Fsp3) is 0.429. The van der Waals surface area contributed by atoms with Crippen LogP contribution in [0.1, 0.15) is 38.2 Å². The molecular formula is C14H17NO2. The Hall–Kier alpha value is -1.64. The van der Waals surface area contributed by atoms with Gasteiger partial charge in [0.05, 0.1) is 0 Å². The van der Waals surface area contributed by atoms with Gasteiger partial charge in [-0.05, 0) is 19.4 Å². The van der Waals surface area contributed by atoms with Gasteiger partial charge in [-0.25, -0.2) is 0 Å². The van der Waals surface area contributed by atoms with Crippen LogP contribution in [0.2, 0.25) is 0 Å². The van der Waals surface area contributed by atoms with Crippen molar-refractivity contribution in [3.05, 3.63) is 35.9 Å². The standard InChI is InChI=1S/C14H17NO2/c1-10(2)15-13(16)8-12(9-14(15)17)11-6-4-3-5-7-11/h3-7,10,12H,8-9H2,1-2H3. The number of nitrogens with zero attached hydrogens (tertiary/aromatic N) is 1. The van der Waals surface area contributed by atoms with Crippen LogP contribution in [0.3, 0.4) is 0 Å². The monoisotopic (exact) mass is 231 g/mol. The summed E-state index contributed by atoms with van der Waals surface area (Å²) in [6.45, 7) is 3.75. The lowest BCUT2D eigenvalue weighted by Gasteiger charge is -2.32. The van der Waals surface area contributed by atoms with E-state index in [1.165, 1.54) is 4.90 Å². The summed E-state index contributed by atoms with van der Waals surface area (Å²) in [6.07, 6.45) is 0.877. The zero-order valence-electron chi connectivity index (χ0n) is 10.2. The average Bonchev–Trinajstić information content (AvgIpc) is 2.28. The minimum absolute atomic E-state index is 0.0354. The van der Waals surface area contributed by atoms with E-state index in [2.05, 4.69) is 0 Å². The Morgan fingerprint density at radius 2 is 1.59 bits per heavy atom. The first-order valence-electron chi connectivity index (χ1n) is 5.99. The zero-order chi connectivity index (χ0) is 12.4. The number of hydrogen-bond acceptors (Lipinski definition) is 2. The van der Waals surface area contributed by atoms with Crippen LogP contribution in [-0.4, -0.2) is 22.8 Å². The molecule has 1 aromatic rings. The first-order valence-corrected chi connectivity index (χ1v) is 5.99. The Balaban J connectivity index is 2.17. The maximum Gasteiger partial charge on any atom is 0.230 e. The van der Waals surface area contributed by atoms with Crippen molar-refractivity contribution >= 4 is 11.8 Å². The predicted octanol–water partition coefficient (Wildman–Crippen LogP) is 2.33. The van der Waals surface area contributed by atoms with Gasteiger partial charge in [0.25, 0.3) is 0 Å². The molecular weight excluding hydrogens is 214 g/mol. The number of amides is 2. The molecule has 0 unspecified atom stereocenters. The Kier molecular flexibility index (Phi) is 3.27. The lowest BCUT2D eigenvalue weighted by atomic mass is 9.88. The highest BCUT2D eigenvalue weighted by Crippen LogP contribution is 2.30. The fourth-order valence-electron chi connectivity index (χ4n) is 2.37. The van der Waals surface area contributed by atoms with Gasteiger partial charge < -0.3 is 0 Å². The minimum Gasteiger partial charge on any atom is -0.280 e. The van der Waals surface area contributed by atoms with Crippen molar-refractivity contribution in [1.29, 1.82) is 0 Å². The number of hydrogen-bond donors (Lipinski definition) is 0. The number of carbonyl (C=O) groups excluding carboxylic acids is 2. The topological polar surface area (TPSA) is 37.4 Å². The molecule has 1 saturated heterocycles. The van der Waals surface area contributed by atoms with Crippen LogP contribution in [0.4, 0.5) is 0 Å². The first-order chi connectivity index (χ1) is 8.09. The summed E-state index contributed by atoms with van der Waals surface area (Å²) in [4.78, 5) is 25.3. The normalized spacial score (nSPS) is 17.9. The number of carbonyl (C=O) groups is 2. The molecule has 1 aliphatic rings. The molecule has 1 aliphatic heterocycles. The van der Waals surface area contributed by atoms with Gasteiger partial charge in [0.1, 0.15) is 0 Å². The van der Waals surface area contributed by atoms with Crippen LogP contribution in [0.25, 0.3) is 0 Å². The zero-order valence-corrected chi connectivity index (χ0v) is 10.2. The molecule has 2 amide bonds. The number of rotatable bonds is 2. The molecule has 0 aliphatic carbocycles. The van der Waals surface area contributed by atoms with E-state index in [1.54, 1.807) is 0 Å². The van der Waals surface area contributed by atoms with Crippen LogP contribution in [0, 0.1) is 0 Å². The van der Waals surface area contributed by atoms with Crippen molar-refractivity contribution in [2.45, 2.75) is 38.6 Å². The van der Waals surface area contributed by atoms with Gasteiger partial charge in [-0.2, -0.15) is 0 Å². The molecule has 0 bridgehead atoms. The number of benzene rings is 1. The maximum atomic E-state index is 11.9. The Labute approximate surface area is 101 Å². The van der Waals surface area contributed by atoms with Crippen molar-refractivity contribution in [2.24, 2.45) is 0 Å². The fourth-order valence-corrected chi connectivity index (χ4v) is 2.37. The number of imide groups is 1. The van der Waals surface area contributed by atoms with Gasteiger partial charge in [0, 0.05) is 24.8 Å². The van der Waals surface area contributed by atoms with E-state index in [0.717, 1.165) is 5.56 Å². The summed E-state index contributed by atoms with van der Waals surface area (Å²) in [6, 6.07) is 9.76. The van der Waals surface area contributed by atoms with E-state index < -0.39 is 0 Å². The molecule has 90 valence electrons. The number of piperidine rings is 1. The molecule has 3 heteroatoms. The average molecular weight is 231 g/mol. The molecule has 1 aromatic carbocycles. The summed E-state index contributed by atoms with van der Waals surface area (Å²) in [5.74, 6) is -0.0543. The third-order valence-corrected chi connectivity index (χ3v) is 3.17. The van der Waals surface area contributed by atoms with Gasteiger partial charge in [0.15, 0.2) is 0 Å². The third kappa shape index (κ3) is 2.38. The molecule has 3 nitrogen and oxygen atoms in total. The van der Waals surface area contributed by atoms with Crippen molar-refractivity contribution in [1.82, 2.24) is 4.90 Å². The first kappa shape index (κ1) is 11.8. The molecule has 17 heavy (non-hydrogen) atoms. The van der Waals surface area contributed by atoms with E-state index >= 15 is 0 Å². The molecule has 0 atom stereocenters. The minimum atomic E-state index is -0.0508. The van der Waals surface area contributed by atoms with Crippen molar-refractivity contribution in [2.75, 3.05) is 0 Å². The highest BCUT2D eigenvalue weighted by Gasteiger charge is 2.34. The van der Waals surface area contributed by atoms with Crippen LogP contribution < -0.4 is 0 Å². The van der Waals surface area contributed by atoms with E-state index in [1.807, 2.05) is 44.2 Å². The van der Waals surface area contributed by atoms with Gasteiger partial charge in [0.2, 0.25) is 11.8 Å². The second-order valence-corrected chi connectivity index (χ2v) is 4.77. The molecule has 2 rings (SSSR count). The molecule has 0 saturated carbocycles. The summed E-state index contributed by atoms with van der Waals surface area (Å²) in [7, 11) is 0. The van der Waals surface area contributed by atoms with Crippen molar-refractivity contribution in [3.8, 4) is 0 Å². The SMILES string of the molecule is CC(C)N1C(=O)CC(c2ccccc2)CC1=O. The van der Waals surface area contributed by atoms with Crippen LogP contribution in [0.5, 0.6) is 0 Å². The highest BCUT2D eigenvalue weighted by molar-refractivity contribution is 5.99. The van der Waals surface area contributed by atoms with Gasteiger partial charge in [-0.3, -0.25) is 14.5 Å². The largest absolute Gasteiger partial charge is 0.280 e. The Bertz CT molecular complexity index is 407.